The number of nitrogens with one attached hydrogen (secondary N) is 1. The fourth-order valence-corrected chi connectivity index (χ4v) is 5.81. The second kappa shape index (κ2) is 9.60. The average Bonchev–Trinajstić information content (AvgIpc) is 3.74. The minimum Gasteiger partial charge on any atom is -0.465 e. The predicted molar refractivity (Wildman–Crippen MR) is 153 cm³/mol. The molecule has 9 heteroatoms. The van der Waals surface area contributed by atoms with Crippen molar-refractivity contribution in [3.05, 3.63) is 114 Å². The van der Waals surface area contributed by atoms with E-state index in [9.17, 15) is 0 Å². The zero-order valence-electron chi connectivity index (χ0n) is 22.3. The maximum absolute atomic E-state index is 6.16. The van der Waals surface area contributed by atoms with E-state index < -0.39 is 5.41 Å². The third-order valence-corrected chi connectivity index (χ3v) is 7.68. The molecule has 0 saturated heterocycles. The summed E-state index contributed by atoms with van der Waals surface area (Å²) in [6.07, 6.45) is 12.6. The van der Waals surface area contributed by atoms with Gasteiger partial charge in [0, 0.05) is 29.9 Å². The Kier molecular flexibility index (Phi) is 5.77. The van der Waals surface area contributed by atoms with Crippen molar-refractivity contribution >= 4 is 16.7 Å². The van der Waals surface area contributed by atoms with E-state index >= 15 is 0 Å². The van der Waals surface area contributed by atoms with Gasteiger partial charge in [-0.3, -0.25) is 4.57 Å². The summed E-state index contributed by atoms with van der Waals surface area (Å²) in [5.41, 5.74) is 6.42. The third kappa shape index (κ3) is 3.89. The molecule has 6 aromatic rings. The van der Waals surface area contributed by atoms with Crippen LogP contribution >= 0.6 is 0 Å². The van der Waals surface area contributed by atoms with Crippen LogP contribution in [-0.2, 0) is 12.0 Å². The van der Waals surface area contributed by atoms with Gasteiger partial charge in [-0.2, -0.15) is 10.2 Å². The summed E-state index contributed by atoms with van der Waals surface area (Å²) in [6.45, 7) is 5.13. The molecule has 0 saturated carbocycles. The number of hydrogen-bond acceptors (Lipinski definition) is 6. The van der Waals surface area contributed by atoms with Gasteiger partial charge in [0.05, 0.1) is 29.3 Å². The minimum atomic E-state index is -0.521. The standard InChI is InChI=1S/C31H28N8O/c1-3-40-30-33-28-21(2)17-22(25-19-38-16-10-8-14-27(38)32-25)18-26(28)39(30)20-31(23-11-5-4-6-12-23)15-9-7-13-24(31)29-34-36-37-35-29/h4-19,24H,3,20H2,1-2H3,(H,34,35,36,37). The first kappa shape index (κ1) is 24.0. The summed E-state index contributed by atoms with van der Waals surface area (Å²) in [4.78, 5) is 9.86. The molecule has 1 N–H and O–H groups in total. The van der Waals surface area contributed by atoms with Gasteiger partial charge in [0.2, 0.25) is 0 Å². The van der Waals surface area contributed by atoms with Crippen LogP contribution in [0.4, 0.5) is 0 Å². The Labute approximate surface area is 230 Å². The lowest BCUT2D eigenvalue weighted by Gasteiger charge is -2.38. The van der Waals surface area contributed by atoms with Gasteiger partial charge in [-0.25, -0.2) is 4.98 Å². The van der Waals surface area contributed by atoms with Crippen LogP contribution in [0.3, 0.4) is 0 Å². The molecule has 198 valence electrons. The monoisotopic (exact) mass is 528 g/mol. The molecule has 4 aromatic heterocycles. The molecule has 0 fully saturated rings. The van der Waals surface area contributed by atoms with Gasteiger partial charge in [0.25, 0.3) is 6.01 Å². The number of allylic oxidation sites excluding steroid dienone is 4. The van der Waals surface area contributed by atoms with Crippen LogP contribution < -0.4 is 4.74 Å². The van der Waals surface area contributed by atoms with Crippen LogP contribution in [0.5, 0.6) is 6.01 Å². The first-order valence-corrected chi connectivity index (χ1v) is 13.4. The van der Waals surface area contributed by atoms with E-state index in [1.165, 1.54) is 0 Å². The number of hydrogen-bond donors (Lipinski definition) is 1. The van der Waals surface area contributed by atoms with E-state index in [0.29, 0.717) is 25.0 Å². The highest BCUT2D eigenvalue weighted by molar-refractivity contribution is 5.86. The zero-order chi connectivity index (χ0) is 27.1. The lowest BCUT2D eigenvalue weighted by atomic mass is 9.67. The number of imidazole rings is 2. The summed E-state index contributed by atoms with van der Waals surface area (Å²) in [7, 11) is 0. The van der Waals surface area contributed by atoms with Gasteiger partial charge in [0.15, 0.2) is 5.82 Å². The molecule has 40 heavy (non-hydrogen) atoms. The Morgan fingerprint density at radius 3 is 2.70 bits per heavy atom. The highest BCUT2D eigenvalue weighted by Gasteiger charge is 2.42. The second-order valence-corrected chi connectivity index (χ2v) is 10.1. The van der Waals surface area contributed by atoms with E-state index in [-0.39, 0.29) is 5.92 Å². The van der Waals surface area contributed by atoms with Crippen LogP contribution in [-0.4, -0.2) is 46.2 Å². The number of fused-ring (bicyclic) bond motifs is 2. The molecule has 2 atom stereocenters. The van der Waals surface area contributed by atoms with Crippen molar-refractivity contribution in [2.45, 2.75) is 31.7 Å². The largest absolute Gasteiger partial charge is 0.465 e. The first-order valence-electron chi connectivity index (χ1n) is 13.4. The van der Waals surface area contributed by atoms with E-state index in [1.807, 2.05) is 47.9 Å². The van der Waals surface area contributed by atoms with E-state index in [2.05, 4.69) is 92.9 Å². The topological polar surface area (TPSA) is 98.8 Å². The fourth-order valence-electron chi connectivity index (χ4n) is 5.81. The number of benzene rings is 2. The molecule has 4 heterocycles. The smallest absolute Gasteiger partial charge is 0.297 e. The fraction of sp³-hybridized carbons (Fsp3) is 0.194. The molecule has 7 rings (SSSR count). The number of ether oxygens (including phenoxy) is 1. The Bertz CT molecular complexity index is 1830. The van der Waals surface area contributed by atoms with E-state index in [4.69, 9.17) is 14.7 Å². The molecule has 0 spiro atoms. The molecule has 0 amide bonds. The summed E-state index contributed by atoms with van der Waals surface area (Å²) in [5, 5.41) is 15.3. The van der Waals surface area contributed by atoms with Gasteiger partial charge < -0.3 is 9.14 Å². The number of aryl methyl sites for hydroxylation is 1. The van der Waals surface area contributed by atoms with Gasteiger partial charge in [-0.05, 0) is 49.2 Å². The number of nitrogens with zero attached hydrogens (tertiary/aromatic N) is 7. The molecule has 0 aliphatic heterocycles. The predicted octanol–water partition coefficient (Wildman–Crippen LogP) is 5.42. The van der Waals surface area contributed by atoms with Crippen LogP contribution in [0.25, 0.3) is 27.9 Å². The first-order chi connectivity index (χ1) is 19.7. The van der Waals surface area contributed by atoms with Crippen molar-refractivity contribution in [2.24, 2.45) is 0 Å². The molecular formula is C31H28N8O. The van der Waals surface area contributed by atoms with Crippen molar-refractivity contribution < 1.29 is 4.74 Å². The molecule has 2 aromatic carbocycles. The molecular weight excluding hydrogens is 500 g/mol. The number of H-pyrrole nitrogens is 1. The van der Waals surface area contributed by atoms with Crippen molar-refractivity contribution in [2.75, 3.05) is 6.61 Å². The highest BCUT2D eigenvalue weighted by Crippen LogP contribution is 2.45. The lowest BCUT2D eigenvalue weighted by molar-refractivity contribution is 0.282. The molecule has 1 aliphatic carbocycles. The van der Waals surface area contributed by atoms with Crippen LogP contribution in [0.15, 0.2) is 97.4 Å². The Morgan fingerprint density at radius 2 is 1.90 bits per heavy atom. The lowest BCUT2D eigenvalue weighted by Crippen LogP contribution is -2.37. The quantitative estimate of drug-likeness (QED) is 0.297. The highest BCUT2D eigenvalue weighted by atomic mass is 16.5. The normalized spacial score (nSPS) is 18.6. The molecule has 1 aliphatic rings. The Morgan fingerprint density at radius 1 is 1.02 bits per heavy atom. The van der Waals surface area contributed by atoms with Crippen molar-refractivity contribution in [3.63, 3.8) is 0 Å². The second-order valence-electron chi connectivity index (χ2n) is 10.1. The number of pyridine rings is 1. The SMILES string of the molecule is CCOc1nc2c(C)cc(-c3cn4ccccc4n3)cc2n1CC1(c2ccccc2)C=CC=CC1c1nn[nH]n1. The van der Waals surface area contributed by atoms with Crippen LogP contribution in [0, 0.1) is 6.92 Å². The van der Waals surface area contributed by atoms with E-state index in [1.54, 1.807) is 0 Å². The maximum Gasteiger partial charge on any atom is 0.297 e. The van der Waals surface area contributed by atoms with Crippen LogP contribution in [0.1, 0.15) is 29.8 Å². The maximum atomic E-state index is 6.16. The summed E-state index contributed by atoms with van der Waals surface area (Å²) in [5.74, 6) is 0.474. The summed E-state index contributed by atoms with van der Waals surface area (Å²) in [6, 6.07) is 21.4. The minimum absolute atomic E-state index is 0.159. The number of rotatable bonds is 7. The number of tetrazole rings is 1. The number of aromatic amines is 1. The Hall–Kier alpha value is -5.05. The van der Waals surface area contributed by atoms with Gasteiger partial charge in [0.1, 0.15) is 5.65 Å². The summed E-state index contributed by atoms with van der Waals surface area (Å²) >= 11 is 0. The van der Waals surface area contributed by atoms with Crippen molar-refractivity contribution in [1.29, 1.82) is 0 Å². The van der Waals surface area contributed by atoms with Crippen LogP contribution in [0.2, 0.25) is 0 Å². The average molecular weight is 529 g/mol. The van der Waals surface area contributed by atoms with Gasteiger partial charge in [-0.15, -0.1) is 10.2 Å². The van der Waals surface area contributed by atoms with Gasteiger partial charge >= 0.3 is 0 Å². The molecule has 0 radical (unpaired) electrons. The molecule has 0 bridgehead atoms. The molecule has 2 unspecified atom stereocenters. The zero-order valence-corrected chi connectivity index (χ0v) is 22.3. The van der Waals surface area contributed by atoms with Gasteiger partial charge in [-0.1, -0.05) is 65.9 Å². The van der Waals surface area contributed by atoms with Crippen molar-refractivity contribution in [1.82, 2.24) is 39.6 Å². The van der Waals surface area contributed by atoms with Crippen molar-refractivity contribution in [3.8, 4) is 17.3 Å². The molecule has 9 nitrogen and oxygen atoms in total. The Balaban J connectivity index is 1.44. The summed E-state index contributed by atoms with van der Waals surface area (Å²) < 4.78 is 10.4. The number of aromatic nitrogens is 8. The third-order valence-electron chi connectivity index (χ3n) is 7.68. The van der Waals surface area contributed by atoms with E-state index in [0.717, 1.165) is 39.1 Å².